The Bertz CT molecular complexity index is 756. The Morgan fingerprint density at radius 1 is 1.00 bits per heavy atom. The van der Waals surface area contributed by atoms with Gasteiger partial charge in [0.2, 0.25) is 0 Å². The first kappa shape index (κ1) is 13.4. The van der Waals surface area contributed by atoms with E-state index in [9.17, 15) is 4.39 Å². The lowest BCUT2D eigenvalue weighted by Crippen LogP contribution is -1.98. The zero-order valence-electron chi connectivity index (χ0n) is 11.4. The van der Waals surface area contributed by atoms with E-state index < -0.39 is 6.67 Å². The SMILES string of the molecule is Nc1ccc2nc(-c3ccc(OCCF)cc3)ccc2c1. The molecular formula is C17H15FN2O. The minimum Gasteiger partial charge on any atom is -0.491 e. The van der Waals surface area contributed by atoms with E-state index in [0.717, 1.165) is 27.8 Å². The molecule has 0 atom stereocenters. The number of ether oxygens (including phenoxy) is 1. The number of rotatable bonds is 4. The van der Waals surface area contributed by atoms with E-state index in [2.05, 4.69) is 4.98 Å². The number of aromatic nitrogens is 1. The summed E-state index contributed by atoms with van der Waals surface area (Å²) in [5.74, 6) is 0.657. The third-order valence-electron chi connectivity index (χ3n) is 3.21. The summed E-state index contributed by atoms with van der Waals surface area (Å²) in [7, 11) is 0. The largest absolute Gasteiger partial charge is 0.491 e. The number of nitrogens with two attached hydrogens (primary N) is 1. The average Bonchev–Trinajstić information content (AvgIpc) is 2.53. The van der Waals surface area contributed by atoms with E-state index in [1.54, 1.807) is 0 Å². The molecular weight excluding hydrogens is 267 g/mol. The summed E-state index contributed by atoms with van der Waals surface area (Å²) in [6.45, 7) is -0.411. The van der Waals surface area contributed by atoms with Crippen LogP contribution in [-0.4, -0.2) is 18.3 Å². The van der Waals surface area contributed by atoms with Gasteiger partial charge in [-0.05, 0) is 48.5 Å². The van der Waals surface area contributed by atoms with Gasteiger partial charge in [-0.1, -0.05) is 6.07 Å². The first-order chi connectivity index (χ1) is 10.3. The van der Waals surface area contributed by atoms with Gasteiger partial charge < -0.3 is 10.5 Å². The second-order valence-electron chi connectivity index (χ2n) is 4.71. The van der Waals surface area contributed by atoms with Crippen LogP contribution in [0.1, 0.15) is 0 Å². The van der Waals surface area contributed by atoms with Crippen molar-refractivity contribution in [3.63, 3.8) is 0 Å². The Morgan fingerprint density at radius 2 is 1.81 bits per heavy atom. The van der Waals surface area contributed by atoms with Gasteiger partial charge in [0, 0.05) is 16.6 Å². The summed E-state index contributed by atoms with van der Waals surface area (Å²) in [5.41, 5.74) is 9.26. The van der Waals surface area contributed by atoms with Crippen LogP contribution in [0.25, 0.3) is 22.2 Å². The lowest BCUT2D eigenvalue weighted by molar-refractivity contribution is 0.273. The molecule has 2 aromatic carbocycles. The third kappa shape index (κ3) is 2.94. The van der Waals surface area contributed by atoms with Crippen LogP contribution in [0.2, 0.25) is 0 Å². The molecule has 0 radical (unpaired) electrons. The standard InChI is InChI=1S/C17H15FN2O/c18-9-10-21-15-5-1-12(2-6-15)16-7-3-13-11-14(19)4-8-17(13)20-16/h1-8,11H,9-10,19H2. The van der Waals surface area contributed by atoms with Gasteiger partial charge in [0.15, 0.2) is 0 Å². The molecule has 106 valence electrons. The van der Waals surface area contributed by atoms with Crippen molar-refractivity contribution in [2.75, 3.05) is 19.0 Å². The summed E-state index contributed by atoms with van der Waals surface area (Å²) in [4.78, 5) is 4.62. The summed E-state index contributed by atoms with van der Waals surface area (Å²) < 4.78 is 17.3. The number of nitrogen functional groups attached to an aromatic ring is 1. The highest BCUT2D eigenvalue weighted by molar-refractivity contribution is 5.84. The predicted molar refractivity (Wildman–Crippen MR) is 83.1 cm³/mol. The number of anilines is 1. The van der Waals surface area contributed by atoms with Crippen molar-refractivity contribution < 1.29 is 9.13 Å². The van der Waals surface area contributed by atoms with Crippen LogP contribution in [0.5, 0.6) is 5.75 Å². The Hall–Kier alpha value is -2.62. The number of benzene rings is 2. The molecule has 1 aromatic heterocycles. The summed E-state index contributed by atoms with van der Waals surface area (Å²) in [6, 6.07) is 17.1. The van der Waals surface area contributed by atoms with Gasteiger partial charge in [-0.2, -0.15) is 0 Å². The predicted octanol–water partition coefficient (Wildman–Crippen LogP) is 3.83. The number of pyridine rings is 1. The van der Waals surface area contributed by atoms with E-state index in [1.807, 2.05) is 54.6 Å². The number of halogens is 1. The third-order valence-corrected chi connectivity index (χ3v) is 3.21. The summed E-state index contributed by atoms with van der Waals surface area (Å²) in [6.07, 6.45) is 0. The Morgan fingerprint density at radius 3 is 2.57 bits per heavy atom. The fraction of sp³-hybridized carbons (Fsp3) is 0.118. The van der Waals surface area contributed by atoms with Crippen molar-refractivity contribution in [2.24, 2.45) is 0 Å². The van der Waals surface area contributed by atoms with Crippen LogP contribution < -0.4 is 10.5 Å². The van der Waals surface area contributed by atoms with E-state index in [4.69, 9.17) is 10.5 Å². The van der Waals surface area contributed by atoms with Crippen LogP contribution in [-0.2, 0) is 0 Å². The van der Waals surface area contributed by atoms with Crippen molar-refractivity contribution in [1.29, 1.82) is 0 Å². The zero-order chi connectivity index (χ0) is 14.7. The first-order valence-electron chi connectivity index (χ1n) is 6.72. The molecule has 21 heavy (non-hydrogen) atoms. The molecule has 1 heterocycles. The molecule has 0 spiro atoms. The number of hydrogen-bond donors (Lipinski definition) is 1. The van der Waals surface area contributed by atoms with Crippen molar-refractivity contribution in [2.45, 2.75) is 0 Å². The normalized spacial score (nSPS) is 10.7. The fourth-order valence-electron chi connectivity index (χ4n) is 2.18. The van der Waals surface area contributed by atoms with Crippen LogP contribution in [0.3, 0.4) is 0 Å². The lowest BCUT2D eigenvalue weighted by Gasteiger charge is -2.06. The van der Waals surface area contributed by atoms with E-state index in [0.29, 0.717) is 5.75 Å². The maximum atomic E-state index is 12.1. The molecule has 4 heteroatoms. The Labute approximate surface area is 122 Å². The van der Waals surface area contributed by atoms with Crippen molar-refractivity contribution in [3.8, 4) is 17.0 Å². The molecule has 2 N–H and O–H groups in total. The highest BCUT2D eigenvalue weighted by Gasteiger charge is 2.03. The topological polar surface area (TPSA) is 48.1 Å². The van der Waals surface area contributed by atoms with Crippen LogP contribution in [0, 0.1) is 0 Å². The average molecular weight is 282 g/mol. The molecule has 0 fully saturated rings. The molecule has 0 aliphatic carbocycles. The molecule has 0 amide bonds. The Kier molecular flexibility index (Phi) is 3.69. The second kappa shape index (κ2) is 5.79. The van der Waals surface area contributed by atoms with E-state index >= 15 is 0 Å². The molecule has 0 saturated carbocycles. The van der Waals surface area contributed by atoms with Gasteiger partial charge in [0.05, 0.1) is 11.2 Å². The molecule has 0 bridgehead atoms. The van der Waals surface area contributed by atoms with E-state index in [-0.39, 0.29) is 6.61 Å². The quantitative estimate of drug-likeness (QED) is 0.740. The maximum absolute atomic E-state index is 12.1. The first-order valence-corrected chi connectivity index (χ1v) is 6.72. The van der Waals surface area contributed by atoms with Gasteiger partial charge in [-0.25, -0.2) is 9.37 Å². The number of fused-ring (bicyclic) bond motifs is 1. The van der Waals surface area contributed by atoms with Crippen LogP contribution in [0.4, 0.5) is 10.1 Å². The zero-order valence-corrected chi connectivity index (χ0v) is 11.4. The van der Waals surface area contributed by atoms with Gasteiger partial charge in [0.25, 0.3) is 0 Å². The van der Waals surface area contributed by atoms with Crippen molar-refractivity contribution in [1.82, 2.24) is 4.98 Å². The monoisotopic (exact) mass is 282 g/mol. The summed E-state index contributed by atoms with van der Waals surface area (Å²) in [5, 5.41) is 1.02. The van der Waals surface area contributed by atoms with Crippen LogP contribution in [0.15, 0.2) is 54.6 Å². The number of alkyl halides is 1. The molecule has 3 aromatic rings. The van der Waals surface area contributed by atoms with Gasteiger partial charge >= 0.3 is 0 Å². The molecule has 3 rings (SSSR count). The molecule has 3 nitrogen and oxygen atoms in total. The van der Waals surface area contributed by atoms with Gasteiger partial charge in [0.1, 0.15) is 19.0 Å². The second-order valence-corrected chi connectivity index (χ2v) is 4.71. The molecule has 0 saturated heterocycles. The van der Waals surface area contributed by atoms with Gasteiger partial charge in [-0.15, -0.1) is 0 Å². The molecule has 0 unspecified atom stereocenters. The van der Waals surface area contributed by atoms with Crippen LogP contribution >= 0.6 is 0 Å². The summed E-state index contributed by atoms with van der Waals surface area (Å²) >= 11 is 0. The number of nitrogens with zero attached hydrogens (tertiary/aromatic N) is 1. The number of hydrogen-bond acceptors (Lipinski definition) is 3. The molecule has 0 aliphatic rings. The maximum Gasteiger partial charge on any atom is 0.123 e. The molecule has 0 aliphatic heterocycles. The van der Waals surface area contributed by atoms with Crippen molar-refractivity contribution in [3.05, 3.63) is 54.6 Å². The minimum absolute atomic E-state index is 0.0784. The minimum atomic E-state index is -0.489. The van der Waals surface area contributed by atoms with Gasteiger partial charge in [-0.3, -0.25) is 0 Å². The van der Waals surface area contributed by atoms with E-state index in [1.165, 1.54) is 0 Å². The fourth-order valence-corrected chi connectivity index (χ4v) is 2.18. The highest BCUT2D eigenvalue weighted by Crippen LogP contribution is 2.24. The smallest absolute Gasteiger partial charge is 0.123 e. The lowest BCUT2D eigenvalue weighted by atomic mass is 10.1. The van der Waals surface area contributed by atoms with Crippen molar-refractivity contribution >= 4 is 16.6 Å². The highest BCUT2D eigenvalue weighted by atomic mass is 19.1. The Balaban J connectivity index is 1.91.